The zero-order valence-electron chi connectivity index (χ0n) is 13.1. The summed E-state index contributed by atoms with van der Waals surface area (Å²) in [6.07, 6.45) is 8.92. The largest absolute Gasteiger partial charge is 0.457 e. The Morgan fingerprint density at radius 3 is 2.32 bits per heavy atom. The summed E-state index contributed by atoms with van der Waals surface area (Å²) in [5.74, 6) is 0. The van der Waals surface area contributed by atoms with Crippen molar-refractivity contribution in [1.29, 1.82) is 0 Å². The molecule has 4 heteroatoms. The van der Waals surface area contributed by atoms with Crippen LogP contribution in [0.3, 0.4) is 0 Å². The number of nitrogens with one attached hydrogen (secondary N) is 1. The third-order valence-corrected chi connectivity index (χ3v) is 4.96. The van der Waals surface area contributed by atoms with E-state index < -0.39 is 0 Å². The Kier molecular flexibility index (Phi) is 4.96. The summed E-state index contributed by atoms with van der Waals surface area (Å²) < 4.78 is 12.0. The first-order chi connectivity index (χ1) is 8.91. The van der Waals surface area contributed by atoms with E-state index in [9.17, 15) is 0 Å². The van der Waals surface area contributed by atoms with Crippen LogP contribution in [0.15, 0.2) is 0 Å². The topological polar surface area (TPSA) is 30.5 Å². The Morgan fingerprint density at radius 1 is 1.05 bits per heavy atom. The van der Waals surface area contributed by atoms with E-state index in [1.165, 1.54) is 45.1 Å². The minimum Gasteiger partial charge on any atom is -0.403 e. The van der Waals surface area contributed by atoms with Crippen LogP contribution in [0, 0.1) is 0 Å². The number of hydrogen-bond donors (Lipinski definition) is 1. The first-order valence-corrected chi connectivity index (χ1v) is 8.00. The number of piperidine rings is 1. The van der Waals surface area contributed by atoms with Gasteiger partial charge in [0, 0.05) is 6.04 Å². The van der Waals surface area contributed by atoms with E-state index >= 15 is 0 Å². The summed E-state index contributed by atoms with van der Waals surface area (Å²) >= 11 is 0. The van der Waals surface area contributed by atoms with E-state index in [2.05, 4.69) is 33.0 Å². The molecule has 2 saturated heterocycles. The van der Waals surface area contributed by atoms with Gasteiger partial charge in [0.25, 0.3) is 0 Å². The first kappa shape index (κ1) is 15.3. The van der Waals surface area contributed by atoms with Gasteiger partial charge in [0.05, 0.1) is 11.2 Å². The molecule has 3 nitrogen and oxygen atoms in total. The fourth-order valence-electron chi connectivity index (χ4n) is 2.96. The summed E-state index contributed by atoms with van der Waals surface area (Å²) in [4.78, 5) is 0. The van der Waals surface area contributed by atoms with Gasteiger partial charge in [-0.05, 0) is 59.8 Å². The highest BCUT2D eigenvalue weighted by molar-refractivity contribution is 6.45. The maximum absolute atomic E-state index is 6.02. The summed E-state index contributed by atoms with van der Waals surface area (Å²) in [5, 5.41) is 3.61. The number of unbranched alkanes of at least 4 members (excludes halogenated alkanes) is 1. The van der Waals surface area contributed by atoms with Gasteiger partial charge in [-0.3, -0.25) is 0 Å². The lowest BCUT2D eigenvalue weighted by molar-refractivity contribution is 0.00578. The van der Waals surface area contributed by atoms with Gasteiger partial charge < -0.3 is 14.6 Å². The van der Waals surface area contributed by atoms with Crippen molar-refractivity contribution in [3.8, 4) is 0 Å². The van der Waals surface area contributed by atoms with E-state index in [-0.39, 0.29) is 18.3 Å². The van der Waals surface area contributed by atoms with Crippen LogP contribution in [0.4, 0.5) is 0 Å². The van der Waals surface area contributed by atoms with Crippen LogP contribution in [-0.4, -0.2) is 30.9 Å². The minimum absolute atomic E-state index is 0.00989. The van der Waals surface area contributed by atoms with Crippen molar-refractivity contribution in [2.45, 2.75) is 89.8 Å². The average molecular weight is 267 g/mol. The minimum atomic E-state index is -0.178. The molecule has 1 atom stereocenters. The summed E-state index contributed by atoms with van der Waals surface area (Å²) in [6, 6.07) is 0.757. The fraction of sp³-hybridized carbons (Fsp3) is 1.00. The Balaban J connectivity index is 1.61. The van der Waals surface area contributed by atoms with Gasteiger partial charge >= 0.3 is 7.12 Å². The highest BCUT2D eigenvalue weighted by atomic mass is 16.7. The Hall–Kier alpha value is -0.0551. The number of rotatable bonds is 5. The molecule has 0 aromatic rings. The van der Waals surface area contributed by atoms with E-state index in [1.807, 2.05) is 0 Å². The Bertz CT molecular complexity index is 272. The van der Waals surface area contributed by atoms with Gasteiger partial charge in [0.2, 0.25) is 0 Å². The van der Waals surface area contributed by atoms with Gasteiger partial charge in [-0.25, -0.2) is 0 Å². The van der Waals surface area contributed by atoms with Crippen LogP contribution in [0.25, 0.3) is 0 Å². The molecule has 0 aromatic heterocycles. The second-order valence-electron chi connectivity index (χ2n) is 7.12. The highest BCUT2D eigenvalue weighted by Crippen LogP contribution is 2.38. The molecular weight excluding hydrogens is 237 g/mol. The average Bonchev–Trinajstić information content (AvgIpc) is 2.55. The predicted octanol–water partition coefficient (Wildman–Crippen LogP) is 3.39. The normalized spacial score (nSPS) is 29.7. The van der Waals surface area contributed by atoms with Crippen molar-refractivity contribution in [2.24, 2.45) is 0 Å². The van der Waals surface area contributed by atoms with Crippen LogP contribution in [-0.2, 0) is 9.31 Å². The summed E-state index contributed by atoms with van der Waals surface area (Å²) in [7, 11) is -0.00989. The zero-order valence-corrected chi connectivity index (χ0v) is 13.1. The maximum Gasteiger partial charge on any atom is 0.457 e. The molecule has 2 fully saturated rings. The molecule has 2 aliphatic rings. The lowest BCUT2D eigenvalue weighted by Gasteiger charge is -2.32. The molecular formula is C15H30BNO2. The van der Waals surface area contributed by atoms with Crippen LogP contribution >= 0.6 is 0 Å². The van der Waals surface area contributed by atoms with Crippen LogP contribution in [0.1, 0.15) is 66.2 Å². The highest BCUT2D eigenvalue weighted by Gasteiger charge is 2.50. The van der Waals surface area contributed by atoms with E-state index in [4.69, 9.17) is 9.31 Å². The SMILES string of the molecule is CC1(C)OB(CCCCC2CCCCN2)OC1(C)C. The van der Waals surface area contributed by atoms with Crippen molar-refractivity contribution in [1.82, 2.24) is 5.32 Å². The van der Waals surface area contributed by atoms with Crippen LogP contribution in [0.5, 0.6) is 0 Å². The van der Waals surface area contributed by atoms with Crippen molar-refractivity contribution in [3.05, 3.63) is 0 Å². The van der Waals surface area contributed by atoms with Gasteiger partial charge in [0.15, 0.2) is 0 Å². The molecule has 0 aromatic carbocycles. The van der Waals surface area contributed by atoms with Gasteiger partial charge in [-0.2, -0.15) is 0 Å². The van der Waals surface area contributed by atoms with Crippen molar-refractivity contribution in [3.63, 3.8) is 0 Å². The predicted molar refractivity (Wildman–Crippen MR) is 80.4 cm³/mol. The molecule has 0 bridgehead atoms. The fourth-order valence-corrected chi connectivity index (χ4v) is 2.96. The molecule has 2 aliphatic heterocycles. The second-order valence-corrected chi connectivity index (χ2v) is 7.12. The molecule has 110 valence electrons. The standard InChI is InChI=1S/C15H30BNO2/c1-14(2)15(3,4)19-16(18-14)11-7-5-9-13-10-6-8-12-17-13/h13,17H,5-12H2,1-4H3. The van der Waals surface area contributed by atoms with E-state index in [0.717, 1.165) is 12.4 Å². The first-order valence-electron chi connectivity index (χ1n) is 8.00. The third kappa shape index (κ3) is 3.96. The van der Waals surface area contributed by atoms with Crippen molar-refractivity contribution in [2.75, 3.05) is 6.54 Å². The van der Waals surface area contributed by atoms with Gasteiger partial charge in [-0.1, -0.05) is 19.3 Å². The van der Waals surface area contributed by atoms with Crippen molar-refractivity contribution >= 4 is 7.12 Å². The molecule has 0 radical (unpaired) electrons. The molecule has 2 rings (SSSR count). The summed E-state index contributed by atoms with van der Waals surface area (Å²) in [5.41, 5.74) is -0.356. The lowest BCUT2D eigenvalue weighted by Crippen LogP contribution is -2.41. The Morgan fingerprint density at radius 2 is 1.74 bits per heavy atom. The smallest absolute Gasteiger partial charge is 0.403 e. The molecule has 19 heavy (non-hydrogen) atoms. The van der Waals surface area contributed by atoms with E-state index in [1.54, 1.807) is 0 Å². The van der Waals surface area contributed by atoms with Gasteiger partial charge in [-0.15, -0.1) is 0 Å². The van der Waals surface area contributed by atoms with Crippen LogP contribution < -0.4 is 5.32 Å². The summed E-state index contributed by atoms with van der Waals surface area (Å²) in [6.45, 7) is 9.71. The molecule has 0 aliphatic carbocycles. The lowest BCUT2D eigenvalue weighted by atomic mass is 9.81. The molecule has 1 unspecified atom stereocenters. The zero-order chi connectivity index (χ0) is 13.9. The van der Waals surface area contributed by atoms with Gasteiger partial charge in [0.1, 0.15) is 0 Å². The molecule has 0 amide bonds. The number of hydrogen-bond acceptors (Lipinski definition) is 3. The Labute approximate surface area is 119 Å². The monoisotopic (exact) mass is 267 g/mol. The van der Waals surface area contributed by atoms with Crippen molar-refractivity contribution < 1.29 is 9.31 Å². The second kappa shape index (κ2) is 6.15. The molecule has 2 heterocycles. The third-order valence-electron chi connectivity index (χ3n) is 4.96. The molecule has 0 saturated carbocycles. The van der Waals surface area contributed by atoms with Crippen LogP contribution in [0.2, 0.25) is 6.32 Å². The molecule has 0 spiro atoms. The maximum atomic E-state index is 6.02. The van der Waals surface area contributed by atoms with E-state index in [0.29, 0.717) is 0 Å². The molecule has 1 N–H and O–H groups in total. The quantitative estimate of drug-likeness (QED) is 0.611.